The molecule has 1 aromatic rings. The number of carboxylic acid groups (broad SMARTS) is 1. The third-order valence-corrected chi connectivity index (χ3v) is 2.10. The molecule has 0 aliphatic rings. The van der Waals surface area contributed by atoms with Crippen LogP contribution in [0.1, 0.15) is 29.2 Å². The van der Waals surface area contributed by atoms with E-state index in [-0.39, 0.29) is 5.69 Å². The fourth-order valence-corrected chi connectivity index (χ4v) is 1.72. The molecule has 0 unspecified atom stereocenters. The van der Waals surface area contributed by atoms with Crippen LogP contribution in [-0.4, -0.2) is 20.7 Å². The molecule has 0 spiro atoms. The first-order chi connectivity index (χ1) is 5.61. The fourth-order valence-electron chi connectivity index (χ4n) is 0.876. The molecular weight excluding hydrogens is 176 g/mol. The van der Waals surface area contributed by atoms with E-state index in [9.17, 15) is 4.79 Å². The minimum atomic E-state index is -0.987. The van der Waals surface area contributed by atoms with Crippen molar-refractivity contribution in [2.24, 2.45) is 5.92 Å². The average molecular weight is 186 g/mol. The summed E-state index contributed by atoms with van der Waals surface area (Å²) in [6.45, 7) is 4.07. The van der Waals surface area contributed by atoms with Gasteiger partial charge in [-0.1, -0.05) is 18.3 Å². The lowest BCUT2D eigenvalue weighted by atomic mass is 10.1. The molecule has 12 heavy (non-hydrogen) atoms. The Morgan fingerprint density at radius 3 is 2.83 bits per heavy atom. The average Bonchev–Trinajstić information content (AvgIpc) is 2.33. The molecule has 0 aromatic carbocycles. The third kappa shape index (κ3) is 2.01. The summed E-state index contributed by atoms with van der Waals surface area (Å²) in [6, 6.07) is 0. The second kappa shape index (κ2) is 3.62. The molecule has 0 saturated carbocycles. The van der Waals surface area contributed by atoms with Crippen LogP contribution in [0.2, 0.25) is 0 Å². The van der Waals surface area contributed by atoms with E-state index < -0.39 is 5.97 Å². The van der Waals surface area contributed by atoms with Gasteiger partial charge in [-0.15, -0.1) is 5.10 Å². The molecule has 1 aromatic heterocycles. The Morgan fingerprint density at radius 2 is 2.33 bits per heavy atom. The van der Waals surface area contributed by atoms with E-state index in [4.69, 9.17) is 5.11 Å². The lowest BCUT2D eigenvalue weighted by molar-refractivity contribution is 0.0689. The SMILES string of the molecule is CC(C)Cc1snnc1C(=O)O. The Hall–Kier alpha value is -0.970. The number of aromatic carboxylic acids is 1. The van der Waals surface area contributed by atoms with Crippen molar-refractivity contribution in [1.82, 2.24) is 9.59 Å². The Kier molecular flexibility index (Phi) is 2.75. The zero-order valence-electron chi connectivity index (χ0n) is 6.94. The Morgan fingerprint density at radius 1 is 1.67 bits per heavy atom. The molecule has 1 rings (SSSR count). The summed E-state index contributed by atoms with van der Waals surface area (Å²) in [5.41, 5.74) is 0.105. The van der Waals surface area contributed by atoms with Crippen molar-refractivity contribution in [2.45, 2.75) is 20.3 Å². The van der Waals surface area contributed by atoms with Gasteiger partial charge in [0, 0.05) is 0 Å². The maximum atomic E-state index is 10.6. The highest BCUT2D eigenvalue weighted by Gasteiger charge is 2.15. The number of hydrogen-bond acceptors (Lipinski definition) is 4. The van der Waals surface area contributed by atoms with Crippen molar-refractivity contribution in [3.63, 3.8) is 0 Å². The van der Waals surface area contributed by atoms with Gasteiger partial charge in [0.1, 0.15) is 0 Å². The molecule has 0 aliphatic heterocycles. The van der Waals surface area contributed by atoms with Crippen LogP contribution in [0.3, 0.4) is 0 Å². The van der Waals surface area contributed by atoms with Crippen molar-refractivity contribution in [3.05, 3.63) is 10.6 Å². The third-order valence-electron chi connectivity index (χ3n) is 1.35. The molecule has 1 heterocycles. The first kappa shape index (κ1) is 9.12. The second-order valence-corrected chi connectivity index (χ2v) is 3.79. The van der Waals surface area contributed by atoms with Gasteiger partial charge in [0.25, 0.3) is 0 Å². The molecule has 0 radical (unpaired) electrons. The first-order valence-corrected chi connectivity index (χ1v) is 4.43. The Bertz CT molecular complexity index is 283. The maximum absolute atomic E-state index is 10.6. The van der Waals surface area contributed by atoms with E-state index in [2.05, 4.69) is 9.59 Å². The van der Waals surface area contributed by atoms with Crippen LogP contribution >= 0.6 is 11.5 Å². The lowest BCUT2D eigenvalue weighted by Gasteiger charge is -1.99. The van der Waals surface area contributed by atoms with Gasteiger partial charge in [0.2, 0.25) is 0 Å². The molecule has 0 amide bonds. The fraction of sp³-hybridized carbons (Fsp3) is 0.571. The minimum absolute atomic E-state index is 0.105. The lowest BCUT2D eigenvalue weighted by Crippen LogP contribution is -2.03. The first-order valence-electron chi connectivity index (χ1n) is 3.65. The summed E-state index contributed by atoms with van der Waals surface area (Å²) in [7, 11) is 0. The van der Waals surface area contributed by atoms with Crippen molar-refractivity contribution >= 4 is 17.5 Å². The predicted molar refractivity (Wildman–Crippen MR) is 45.4 cm³/mol. The summed E-state index contributed by atoms with van der Waals surface area (Å²) in [5.74, 6) is -0.551. The van der Waals surface area contributed by atoms with E-state index in [0.29, 0.717) is 5.92 Å². The van der Waals surface area contributed by atoms with Crippen molar-refractivity contribution in [3.8, 4) is 0 Å². The van der Waals surface area contributed by atoms with E-state index in [1.807, 2.05) is 13.8 Å². The van der Waals surface area contributed by atoms with Gasteiger partial charge in [-0.3, -0.25) is 0 Å². The highest BCUT2D eigenvalue weighted by atomic mass is 32.1. The highest BCUT2D eigenvalue weighted by Crippen LogP contribution is 2.15. The van der Waals surface area contributed by atoms with Crippen LogP contribution in [0.5, 0.6) is 0 Å². The number of hydrogen-bond donors (Lipinski definition) is 1. The van der Waals surface area contributed by atoms with Gasteiger partial charge in [-0.05, 0) is 23.9 Å². The standard InChI is InChI=1S/C7H10N2O2S/c1-4(2)3-5-6(7(10)11)8-9-12-5/h4H,3H2,1-2H3,(H,10,11). The van der Waals surface area contributed by atoms with Gasteiger partial charge in [0.15, 0.2) is 5.69 Å². The number of nitrogens with zero attached hydrogens (tertiary/aromatic N) is 2. The van der Waals surface area contributed by atoms with Crippen molar-refractivity contribution in [2.75, 3.05) is 0 Å². The van der Waals surface area contributed by atoms with Crippen LogP contribution in [0, 0.1) is 5.92 Å². The van der Waals surface area contributed by atoms with Gasteiger partial charge in [-0.2, -0.15) is 0 Å². The number of rotatable bonds is 3. The van der Waals surface area contributed by atoms with E-state index in [1.54, 1.807) is 0 Å². The zero-order valence-corrected chi connectivity index (χ0v) is 7.76. The normalized spacial score (nSPS) is 10.6. The monoisotopic (exact) mass is 186 g/mol. The summed E-state index contributed by atoms with van der Waals surface area (Å²) >= 11 is 1.16. The minimum Gasteiger partial charge on any atom is -0.476 e. The van der Waals surface area contributed by atoms with Crippen LogP contribution in [0.15, 0.2) is 0 Å². The largest absolute Gasteiger partial charge is 0.476 e. The van der Waals surface area contributed by atoms with Crippen molar-refractivity contribution in [1.29, 1.82) is 0 Å². The van der Waals surface area contributed by atoms with Crippen LogP contribution in [-0.2, 0) is 6.42 Å². The molecule has 4 nitrogen and oxygen atoms in total. The molecule has 1 N–H and O–H groups in total. The van der Waals surface area contributed by atoms with E-state index >= 15 is 0 Å². The molecular formula is C7H10N2O2S. The molecule has 0 atom stereocenters. The molecule has 66 valence electrons. The zero-order chi connectivity index (χ0) is 9.14. The van der Waals surface area contributed by atoms with Gasteiger partial charge >= 0.3 is 5.97 Å². The van der Waals surface area contributed by atoms with E-state index in [0.717, 1.165) is 22.8 Å². The number of carboxylic acids is 1. The predicted octanol–water partition coefficient (Wildman–Crippen LogP) is 1.43. The highest BCUT2D eigenvalue weighted by molar-refractivity contribution is 7.05. The molecule has 0 saturated heterocycles. The molecule has 5 heteroatoms. The van der Waals surface area contributed by atoms with Crippen molar-refractivity contribution < 1.29 is 9.90 Å². The topological polar surface area (TPSA) is 63.1 Å². The van der Waals surface area contributed by atoms with Gasteiger partial charge in [-0.25, -0.2) is 4.79 Å². The quantitative estimate of drug-likeness (QED) is 0.775. The van der Waals surface area contributed by atoms with Gasteiger partial charge < -0.3 is 5.11 Å². The van der Waals surface area contributed by atoms with E-state index in [1.165, 1.54) is 0 Å². The van der Waals surface area contributed by atoms with Crippen LogP contribution in [0.25, 0.3) is 0 Å². The molecule has 0 bridgehead atoms. The summed E-state index contributed by atoms with van der Waals surface area (Å²) in [5, 5.41) is 12.2. The maximum Gasteiger partial charge on any atom is 0.357 e. The van der Waals surface area contributed by atoms with Gasteiger partial charge in [0.05, 0.1) is 4.88 Å². The Balaban J connectivity index is 2.84. The summed E-state index contributed by atoms with van der Waals surface area (Å²) in [4.78, 5) is 11.3. The van der Waals surface area contributed by atoms with Crippen LogP contribution < -0.4 is 0 Å². The smallest absolute Gasteiger partial charge is 0.357 e. The molecule has 0 fully saturated rings. The summed E-state index contributed by atoms with van der Waals surface area (Å²) in [6.07, 6.45) is 0.735. The second-order valence-electron chi connectivity index (χ2n) is 2.95. The Labute approximate surface area is 74.4 Å². The number of carbonyl (C=O) groups is 1. The molecule has 0 aliphatic carbocycles. The number of aromatic nitrogens is 2. The van der Waals surface area contributed by atoms with Crippen LogP contribution in [0.4, 0.5) is 0 Å². The summed E-state index contributed by atoms with van der Waals surface area (Å²) < 4.78 is 3.61.